The van der Waals surface area contributed by atoms with Crippen molar-refractivity contribution < 1.29 is 0 Å². The van der Waals surface area contributed by atoms with Crippen LogP contribution in [-0.4, -0.2) is 54.9 Å². The quantitative estimate of drug-likeness (QED) is 0.554. The average Bonchev–Trinajstić information content (AvgIpc) is 2.19. The predicted molar refractivity (Wildman–Crippen MR) is 66.2 cm³/mol. The molecule has 1 aliphatic heterocycles. The van der Waals surface area contributed by atoms with E-state index in [2.05, 4.69) is 39.8 Å². The largest absolute Gasteiger partial charge is 0.305 e. The minimum absolute atomic E-state index is 0.785. The van der Waals surface area contributed by atoms with Gasteiger partial charge >= 0.3 is 0 Å². The Morgan fingerprint density at radius 2 is 2.14 bits per heavy atom. The molecule has 0 aliphatic carbocycles. The molecule has 0 aromatic heterocycles. The zero-order valence-electron chi connectivity index (χ0n) is 9.51. The van der Waals surface area contributed by atoms with Gasteiger partial charge in [0.1, 0.15) is 0 Å². The van der Waals surface area contributed by atoms with E-state index in [4.69, 9.17) is 0 Å². The molecule has 0 amide bonds. The van der Waals surface area contributed by atoms with Crippen LogP contribution in [0.4, 0.5) is 0 Å². The molecule has 2 nitrogen and oxygen atoms in total. The Labute approximate surface area is 96.8 Å². The van der Waals surface area contributed by atoms with Crippen molar-refractivity contribution in [1.82, 2.24) is 9.80 Å². The number of halogens is 1. The van der Waals surface area contributed by atoms with Crippen molar-refractivity contribution in [3.8, 4) is 0 Å². The molecule has 0 radical (unpaired) electrons. The molecule has 0 N–H and O–H groups in total. The molecular weight excluding hydrogens is 240 g/mol. The number of hydrogen-bond acceptors (Lipinski definition) is 2. The lowest BCUT2D eigenvalue weighted by Crippen LogP contribution is -2.45. The fourth-order valence-corrected chi connectivity index (χ4v) is 2.48. The van der Waals surface area contributed by atoms with Crippen LogP contribution in [0.25, 0.3) is 0 Å². The van der Waals surface area contributed by atoms with Gasteiger partial charge in [0, 0.05) is 17.9 Å². The first-order chi connectivity index (χ1) is 6.74. The first-order valence-corrected chi connectivity index (χ1v) is 6.81. The molecule has 1 aliphatic rings. The summed E-state index contributed by atoms with van der Waals surface area (Å²) in [5, 5.41) is 1.15. The zero-order chi connectivity index (χ0) is 10.4. The molecule has 0 aromatic carbocycles. The lowest BCUT2D eigenvalue weighted by Gasteiger charge is -2.36. The van der Waals surface area contributed by atoms with E-state index in [1.165, 1.54) is 45.3 Å². The summed E-state index contributed by atoms with van der Waals surface area (Å²) in [6.07, 6.45) is 5.40. The van der Waals surface area contributed by atoms with Gasteiger partial charge in [0.25, 0.3) is 0 Å². The smallest absolute Gasteiger partial charge is 0.0217 e. The van der Waals surface area contributed by atoms with E-state index < -0.39 is 0 Å². The molecule has 14 heavy (non-hydrogen) atoms. The summed E-state index contributed by atoms with van der Waals surface area (Å²) in [5.41, 5.74) is 0. The fraction of sp³-hybridized carbons (Fsp3) is 1.00. The Balaban J connectivity index is 2.19. The van der Waals surface area contributed by atoms with Crippen LogP contribution < -0.4 is 0 Å². The van der Waals surface area contributed by atoms with Crippen LogP contribution in [-0.2, 0) is 0 Å². The highest BCUT2D eigenvalue weighted by Crippen LogP contribution is 2.14. The number of rotatable bonds is 5. The molecule has 0 saturated carbocycles. The average molecular weight is 263 g/mol. The standard InChI is InChI=1S/C11H23BrN2/c1-13(2)11-6-5-9-14(10-11)8-4-3-7-12/h11H,3-10H2,1-2H3. The Kier molecular flexibility index (Phi) is 6.06. The second kappa shape index (κ2) is 6.81. The van der Waals surface area contributed by atoms with Crippen LogP contribution in [0.2, 0.25) is 0 Å². The van der Waals surface area contributed by atoms with E-state index in [0.717, 1.165) is 11.4 Å². The highest BCUT2D eigenvalue weighted by Gasteiger charge is 2.20. The van der Waals surface area contributed by atoms with Gasteiger partial charge in [-0.15, -0.1) is 0 Å². The van der Waals surface area contributed by atoms with Gasteiger partial charge in [-0.2, -0.15) is 0 Å². The van der Waals surface area contributed by atoms with Crippen LogP contribution in [0.3, 0.4) is 0 Å². The van der Waals surface area contributed by atoms with Crippen molar-refractivity contribution in [3.63, 3.8) is 0 Å². The monoisotopic (exact) mass is 262 g/mol. The normalized spacial score (nSPS) is 24.4. The number of hydrogen-bond donors (Lipinski definition) is 0. The molecule has 0 aromatic rings. The zero-order valence-corrected chi connectivity index (χ0v) is 11.1. The summed E-state index contributed by atoms with van der Waals surface area (Å²) in [6, 6.07) is 0.785. The van der Waals surface area contributed by atoms with Gasteiger partial charge in [-0.25, -0.2) is 0 Å². The van der Waals surface area contributed by atoms with Crippen molar-refractivity contribution in [2.24, 2.45) is 0 Å². The van der Waals surface area contributed by atoms with Crippen molar-refractivity contribution in [2.75, 3.05) is 39.1 Å². The minimum Gasteiger partial charge on any atom is -0.305 e. The molecule has 1 atom stereocenters. The predicted octanol–water partition coefficient (Wildman–Crippen LogP) is 2.19. The van der Waals surface area contributed by atoms with Crippen molar-refractivity contribution >= 4 is 15.9 Å². The van der Waals surface area contributed by atoms with Gasteiger partial charge in [0.05, 0.1) is 0 Å². The van der Waals surface area contributed by atoms with Gasteiger partial charge in [-0.1, -0.05) is 15.9 Å². The maximum atomic E-state index is 3.48. The molecule has 84 valence electrons. The van der Waals surface area contributed by atoms with Crippen molar-refractivity contribution in [1.29, 1.82) is 0 Å². The van der Waals surface area contributed by atoms with Gasteiger partial charge in [-0.05, 0) is 52.9 Å². The molecule has 0 spiro atoms. The highest BCUT2D eigenvalue weighted by molar-refractivity contribution is 9.09. The molecular formula is C11H23BrN2. The summed E-state index contributed by atoms with van der Waals surface area (Å²) >= 11 is 3.48. The number of likely N-dealkylation sites (tertiary alicyclic amines) is 1. The molecule has 1 saturated heterocycles. The van der Waals surface area contributed by atoms with Gasteiger partial charge in [0.15, 0.2) is 0 Å². The van der Waals surface area contributed by atoms with Gasteiger partial charge < -0.3 is 9.80 Å². The SMILES string of the molecule is CN(C)C1CCCN(CCCCBr)C1. The molecule has 0 bridgehead atoms. The maximum absolute atomic E-state index is 3.48. The molecule has 1 heterocycles. The van der Waals surface area contributed by atoms with Crippen LogP contribution >= 0.6 is 15.9 Å². The van der Waals surface area contributed by atoms with Gasteiger partial charge in [-0.3, -0.25) is 0 Å². The summed E-state index contributed by atoms with van der Waals surface area (Å²) in [5.74, 6) is 0. The number of nitrogens with zero attached hydrogens (tertiary/aromatic N) is 2. The van der Waals surface area contributed by atoms with E-state index in [-0.39, 0.29) is 0 Å². The molecule has 1 rings (SSSR count). The summed E-state index contributed by atoms with van der Waals surface area (Å²) in [4.78, 5) is 4.99. The second-order valence-corrected chi connectivity index (χ2v) is 5.25. The first-order valence-electron chi connectivity index (χ1n) is 5.69. The lowest BCUT2D eigenvalue weighted by atomic mass is 10.0. The Morgan fingerprint density at radius 3 is 2.79 bits per heavy atom. The van der Waals surface area contributed by atoms with Crippen LogP contribution in [0.15, 0.2) is 0 Å². The minimum atomic E-state index is 0.785. The van der Waals surface area contributed by atoms with E-state index in [1.807, 2.05) is 0 Å². The summed E-state index contributed by atoms with van der Waals surface area (Å²) in [7, 11) is 4.40. The first kappa shape index (κ1) is 12.5. The van der Waals surface area contributed by atoms with E-state index in [9.17, 15) is 0 Å². The third-order valence-corrected chi connectivity index (χ3v) is 3.63. The Morgan fingerprint density at radius 1 is 1.36 bits per heavy atom. The number of likely N-dealkylation sites (N-methyl/N-ethyl adjacent to an activating group) is 1. The third kappa shape index (κ3) is 4.28. The van der Waals surface area contributed by atoms with Crippen molar-refractivity contribution in [3.05, 3.63) is 0 Å². The Hall–Kier alpha value is 0.400. The topological polar surface area (TPSA) is 6.48 Å². The molecule has 1 unspecified atom stereocenters. The van der Waals surface area contributed by atoms with Crippen LogP contribution in [0, 0.1) is 0 Å². The number of alkyl halides is 1. The summed E-state index contributed by atoms with van der Waals surface area (Å²) < 4.78 is 0. The van der Waals surface area contributed by atoms with Crippen LogP contribution in [0.5, 0.6) is 0 Å². The van der Waals surface area contributed by atoms with Crippen LogP contribution in [0.1, 0.15) is 25.7 Å². The van der Waals surface area contributed by atoms with E-state index >= 15 is 0 Å². The number of unbranched alkanes of at least 4 members (excludes halogenated alkanes) is 1. The maximum Gasteiger partial charge on any atom is 0.0217 e. The Bertz CT molecular complexity index is 150. The molecule has 3 heteroatoms. The fourth-order valence-electron chi connectivity index (χ4n) is 2.09. The van der Waals surface area contributed by atoms with Gasteiger partial charge in [0.2, 0.25) is 0 Å². The highest BCUT2D eigenvalue weighted by atomic mass is 79.9. The summed E-state index contributed by atoms with van der Waals surface area (Å²) in [6.45, 7) is 3.87. The second-order valence-electron chi connectivity index (χ2n) is 4.46. The molecule has 1 fully saturated rings. The van der Waals surface area contributed by atoms with Crippen molar-refractivity contribution in [2.45, 2.75) is 31.7 Å². The van der Waals surface area contributed by atoms with E-state index in [0.29, 0.717) is 0 Å². The number of piperidine rings is 1. The third-order valence-electron chi connectivity index (χ3n) is 3.07. The van der Waals surface area contributed by atoms with E-state index in [1.54, 1.807) is 0 Å². The lowest BCUT2D eigenvalue weighted by molar-refractivity contribution is 0.132.